The molecule has 2 aliphatic heterocycles. The number of fused-ring (bicyclic) bond motifs is 2. The summed E-state index contributed by atoms with van der Waals surface area (Å²) in [6.45, 7) is -3.18. The van der Waals surface area contributed by atoms with E-state index in [0.29, 0.717) is 29.7 Å². The molecule has 0 amide bonds. The zero-order chi connectivity index (χ0) is 31.4. The van der Waals surface area contributed by atoms with Crippen molar-refractivity contribution in [3.05, 3.63) is 29.3 Å². The van der Waals surface area contributed by atoms with Crippen LogP contribution in [0.1, 0.15) is 37.8 Å². The van der Waals surface area contributed by atoms with Crippen molar-refractivity contribution in [3.8, 4) is 0 Å². The Morgan fingerprint density at radius 1 is 1.14 bits per heavy atom. The molecule has 2 aliphatic rings. The third kappa shape index (κ3) is 6.40. The van der Waals surface area contributed by atoms with E-state index in [-0.39, 0.29) is 40.9 Å². The molecule has 44 heavy (non-hydrogen) atoms. The summed E-state index contributed by atoms with van der Waals surface area (Å²) in [4.78, 5) is 65.3. The number of aromatic amines is 1. The van der Waals surface area contributed by atoms with Crippen molar-refractivity contribution in [3.63, 3.8) is 0 Å². The highest BCUT2D eigenvalue weighted by molar-refractivity contribution is 8.06. The van der Waals surface area contributed by atoms with Crippen molar-refractivity contribution < 1.29 is 37.6 Å². The minimum Gasteiger partial charge on any atom is -0.382 e. The highest BCUT2D eigenvalue weighted by Gasteiger charge is 2.51. The third-order valence-electron chi connectivity index (χ3n) is 7.25. The topological polar surface area (TPSA) is 274 Å². The van der Waals surface area contributed by atoms with E-state index in [1.165, 1.54) is 37.7 Å². The first kappa shape index (κ1) is 31.4. The molecule has 4 aromatic heterocycles. The average Bonchev–Trinajstić information content (AvgIpc) is 3.72. The lowest BCUT2D eigenvalue weighted by Crippen LogP contribution is -2.41. The predicted octanol–water partition coefficient (Wildman–Crippen LogP) is 0.924. The van der Waals surface area contributed by atoms with Gasteiger partial charge in [0.1, 0.15) is 29.8 Å². The summed E-state index contributed by atoms with van der Waals surface area (Å²) in [5, 5.41) is -0.354. The molecule has 0 aliphatic carbocycles. The standard InChI is InChI=1S/C21H28N10O9P2S2/c1-21(6-38-42(35,36)43)11(4-12(39-21)30-8-26-14-16(22)24-7-25-17(14)30)40-41(33,34)37-5-10-2-3-13(44-10)31-9-27-15-18(31)28-20(23)29-19(15)32/h7-13H,2-6H2,1H3,(H,33,34)(H2,22,24,25)(H2,35,36,43)(H3,23,28,29,32)/t10-,11-,12+,13+,21+/m0/s1. The molecule has 8 N–H and O–H groups in total. The maximum absolute atomic E-state index is 13.2. The number of rotatable bonds is 10. The van der Waals surface area contributed by atoms with Crippen molar-refractivity contribution in [2.75, 3.05) is 24.7 Å². The molecule has 19 nitrogen and oxygen atoms in total. The molecule has 238 valence electrons. The maximum atomic E-state index is 13.2. The van der Waals surface area contributed by atoms with E-state index in [4.69, 9.17) is 29.8 Å². The molecule has 0 spiro atoms. The smallest absolute Gasteiger partial charge is 0.382 e. The van der Waals surface area contributed by atoms with Crippen molar-refractivity contribution in [1.82, 2.24) is 39.0 Å². The van der Waals surface area contributed by atoms with Gasteiger partial charge < -0.3 is 40.0 Å². The summed E-state index contributed by atoms with van der Waals surface area (Å²) in [6, 6.07) is 0. The highest BCUT2D eigenvalue weighted by atomic mass is 32.5. The Bertz CT molecular complexity index is 1870. The number of imidazole rings is 2. The van der Waals surface area contributed by atoms with Crippen molar-refractivity contribution in [1.29, 1.82) is 0 Å². The molecular weight excluding hydrogens is 662 g/mol. The molecule has 2 fully saturated rings. The molecule has 6 rings (SSSR count). The number of hydrogen-bond donors (Lipinski definition) is 6. The van der Waals surface area contributed by atoms with Crippen molar-refractivity contribution in [2.45, 2.75) is 54.7 Å². The first-order valence-corrected chi connectivity index (χ1v) is 18.1. The van der Waals surface area contributed by atoms with Gasteiger partial charge in [-0.1, -0.05) is 0 Å². The second kappa shape index (κ2) is 11.7. The van der Waals surface area contributed by atoms with Gasteiger partial charge >= 0.3 is 14.5 Å². The zero-order valence-corrected chi connectivity index (χ0v) is 26.3. The van der Waals surface area contributed by atoms with Gasteiger partial charge in [0.2, 0.25) is 5.95 Å². The molecule has 6 atom stereocenters. The Kier molecular flexibility index (Phi) is 8.34. The average molecular weight is 691 g/mol. The fourth-order valence-corrected chi connectivity index (χ4v) is 8.31. The maximum Gasteiger partial charge on any atom is 0.472 e. The van der Waals surface area contributed by atoms with Gasteiger partial charge in [-0.25, -0.2) is 24.5 Å². The quantitative estimate of drug-likeness (QED) is 0.126. The number of ether oxygens (including phenoxy) is 1. The van der Waals surface area contributed by atoms with E-state index in [1.54, 1.807) is 9.13 Å². The van der Waals surface area contributed by atoms with E-state index in [9.17, 15) is 24.0 Å². The number of thioether (sulfide) groups is 1. The van der Waals surface area contributed by atoms with Crippen LogP contribution in [0.2, 0.25) is 0 Å². The number of aromatic nitrogens is 8. The lowest BCUT2D eigenvalue weighted by Gasteiger charge is -2.31. The predicted molar refractivity (Wildman–Crippen MR) is 160 cm³/mol. The largest absolute Gasteiger partial charge is 0.472 e. The highest BCUT2D eigenvalue weighted by Crippen LogP contribution is 2.53. The van der Waals surface area contributed by atoms with Gasteiger partial charge in [0, 0.05) is 11.7 Å². The summed E-state index contributed by atoms with van der Waals surface area (Å²) in [7, 11) is -4.68. The van der Waals surface area contributed by atoms with Crippen LogP contribution in [-0.4, -0.2) is 83.9 Å². The van der Waals surface area contributed by atoms with Gasteiger partial charge in [-0.2, -0.15) is 4.98 Å². The van der Waals surface area contributed by atoms with Crippen molar-refractivity contribution >= 4 is 72.2 Å². The molecule has 0 saturated carbocycles. The van der Waals surface area contributed by atoms with Crippen LogP contribution in [0.15, 0.2) is 23.8 Å². The summed E-state index contributed by atoms with van der Waals surface area (Å²) >= 11 is 6.04. The molecule has 2 saturated heterocycles. The minimum atomic E-state index is -4.68. The van der Waals surface area contributed by atoms with Gasteiger partial charge in [0.25, 0.3) is 5.56 Å². The number of anilines is 2. The fraction of sp³-hybridized carbons (Fsp3) is 0.524. The molecule has 0 radical (unpaired) electrons. The van der Waals surface area contributed by atoms with E-state index >= 15 is 0 Å². The van der Waals surface area contributed by atoms with Gasteiger partial charge in [-0.3, -0.25) is 23.4 Å². The molecular formula is C21H28N10O9P2S2. The fourth-order valence-electron chi connectivity index (χ4n) is 5.15. The van der Waals surface area contributed by atoms with Crippen LogP contribution < -0.4 is 17.0 Å². The summed E-state index contributed by atoms with van der Waals surface area (Å²) in [5.41, 5.74) is 10.9. The summed E-state index contributed by atoms with van der Waals surface area (Å²) < 4.78 is 38.7. The first-order chi connectivity index (χ1) is 20.7. The van der Waals surface area contributed by atoms with Crippen LogP contribution in [0.3, 0.4) is 0 Å². The Hall–Kier alpha value is -2.55. The van der Waals surface area contributed by atoms with Gasteiger partial charge in [-0.15, -0.1) is 11.8 Å². The van der Waals surface area contributed by atoms with Crippen LogP contribution in [0.4, 0.5) is 11.8 Å². The second-order valence-corrected chi connectivity index (χ2v) is 15.9. The number of nitrogens with two attached hydrogens (primary N) is 2. The van der Waals surface area contributed by atoms with Gasteiger partial charge in [0.15, 0.2) is 22.6 Å². The van der Waals surface area contributed by atoms with Crippen LogP contribution >= 0.6 is 26.3 Å². The van der Waals surface area contributed by atoms with E-state index in [1.807, 2.05) is 0 Å². The number of H-pyrrole nitrogens is 1. The zero-order valence-electron chi connectivity index (χ0n) is 22.9. The number of phosphoric acid groups is 1. The molecule has 0 bridgehead atoms. The second-order valence-electron chi connectivity index (χ2n) is 10.4. The molecule has 6 heterocycles. The molecule has 23 heteroatoms. The number of phosphoric ester groups is 1. The van der Waals surface area contributed by atoms with Crippen LogP contribution in [0.5, 0.6) is 0 Å². The lowest BCUT2D eigenvalue weighted by molar-refractivity contribution is -0.110. The Morgan fingerprint density at radius 3 is 2.66 bits per heavy atom. The Balaban J connectivity index is 1.14. The number of nitrogen functional groups attached to an aromatic ring is 2. The summed E-state index contributed by atoms with van der Waals surface area (Å²) in [6.07, 6.45) is 3.54. The lowest BCUT2D eigenvalue weighted by atomic mass is 10.0. The third-order valence-corrected chi connectivity index (χ3v) is 10.6. The number of nitrogens with zero attached hydrogens (tertiary/aromatic N) is 7. The molecule has 4 aromatic rings. The normalized spacial score (nSPS) is 27.4. The number of nitrogens with one attached hydrogen (secondary N) is 1. The van der Waals surface area contributed by atoms with E-state index < -0.39 is 44.6 Å². The Labute approximate surface area is 257 Å². The van der Waals surface area contributed by atoms with Crippen LogP contribution in [0, 0.1) is 0 Å². The van der Waals surface area contributed by atoms with Crippen LogP contribution in [0.25, 0.3) is 22.3 Å². The number of hydrogen-bond acceptors (Lipinski definition) is 15. The van der Waals surface area contributed by atoms with Crippen molar-refractivity contribution in [2.24, 2.45) is 0 Å². The SMILES string of the molecule is C[C@]1(COP(O)(O)=S)O[C@@H](n2cnc3c(N)ncnc32)C[C@@H]1OP(=O)(O)OC[C@@H]1CC[C@H](n2cnc3c(=O)[nH]c(N)nc32)S1. The minimum absolute atomic E-state index is 0.00604. The Morgan fingerprint density at radius 2 is 1.89 bits per heavy atom. The van der Waals surface area contributed by atoms with Gasteiger partial charge in [0.05, 0.1) is 31.2 Å². The molecule has 1 unspecified atom stereocenters. The summed E-state index contributed by atoms with van der Waals surface area (Å²) in [5.74, 6) is 0.125. The molecule has 0 aromatic carbocycles. The van der Waals surface area contributed by atoms with E-state index in [2.05, 4.69) is 41.7 Å². The monoisotopic (exact) mass is 690 g/mol. The van der Waals surface area contributed by atoms with E-state index in [0.717, 1.165) is 0 Å². The van der Waals surface area contributed by atoms with Gasteiger partial charge in [-0.05, 0) is 31.6 Å². The first-order valence-electron chi connectivity index (χ1n) is 13.1. The van der Waals surface area contributed by atoms with Crippen LogP contribution in [-0.2, 0) is 34.7 Å².